The second kappa shape index (κ2) is 3.75. The summed E-state index contributed by atoms with van der Waals surface area (Å²) in [7, 11) is 0. The molecule has 0 spiro atoms. The minimum atomic E-state index is 0.320. The van der Waals surface area contributed by atoms with Gasteiger partial charge in [-0.3, -0.25) is 4.68 Å². The molecule has 66 valence electrons. The highest BCUT2D eigenvalue weighted by atomic mass is 15.3. The van der Waals surface area contributed by atoms with Crippen LogP contribution in [0.5, 0.6) is 0 Å². The summed E-state index contributed by atoms with van der Waals surface area (Å²) in [6.07, 6.45) is 2.69. The van der Waals surface area contributed by atoms with Gasteiger partial charge in [-0.1, -0.05) is 6.92 Å². The van der Waals surface area contributed by atoms with Crippen LogP contribution in [0, 0.1) is 0 Å². The molecule has 1 aromatic rings. The second-order valence-electron chi connectivity index (χ2n) is 2.45. The van der Waals surface area contributed by atoms with Gasteiger partial charge in [-0.2, -0.15) is 10.2 Å². The first-order valence-corrected chi connectivity index (χ1v) is 3.85. The van der Waals surface area contributed by atoms with Crippen LogP contribution in [-0.4, -0.2) is 15.6 Å². The standard InChI is InChI=1S/C7H13N5/c1-2-5-12-6(3-4-10-12)7(8)11-9/h3-4H,2,5,9H2,1H3,(H2,8,11). The predicted molar refractivity (Wildman–Crippen MR) is 47.4 cm³/mol. The highest BCUT2D eigenvalue weighted by Gasteiger charge is 2.04. The van der Waals surface area contributed by atoms with Crippen LogP contribution in [0.15, 0.2) is 17.4 Å². The van der Waals surface area contributed by atoms with Crippen molar-refractivity contribution in [1.29, 1.82) is 0 Å². The fourth-order valence-electron chi connectivity index (χ4n) is 1.01. The molecule has 1 rings (SSSR count). The summed E-state index contributed by atoms with van der Waals surface area (Å²) in [6.45, 7) is 2.90. The molecule has 1 heterocycles. The molecule has 5 heteroatoms. The van der Waals surface area contributed by atoms with Crippen molar-refractivity contribution in [2.75, 3.05) is 0 Å². The van der Waals surface area contributed by atoms with Gasteiger partial charge < -0.3 is 11.6 Å². The lowest BCUT2D eigenvalue weighted by atomic mass is 10.4. The Morgan fingerprint density at radius 3 is 3.08 bits per heavy atom. The number of amidine groups is 1. The number of nitrogens with zero attached hydrogens (tertiary/aromatic N) is 3. The minimum Gasteiger partial charge on any atom is -0.381 e. The molecule has 0 radical (unpaired) electrons. The van der Waals surface area contributed by atoms with Gasteiger partial charge in [-0.05, 0) is 12.5 Å². The first-order valence-electron chi connectivity index (χ1n) is 3.85. The molecule has 0 fully saturated rings. The number of nitrogens with two attached hydrogens (primary N) is 2. The summed E-state index contributed by atoms with van der Waals surface area (Å²) in [5, 5.41) is 7.48. The third kappa shape index (κ3) is 1.55. The summed E-state index contributed by atoms with van der Waals surface area (Å²) in [6, 6.07) is 1.79. The highest BCUT2D eigenvalue weighted by molar-refractivity contribution is 5.95. The van der Waals surface area contributed by atoms with E-state index in [1.54, 1.807) is 16.9 Å². The van der Waals surface area contributed by atoms with Crippen molar-refractivity contribution in [2.24, 2.45) is 16.7 Å². The van der Waals surface area contributed by atoms with Gasteiger partial charge in [0.2, 0.25) is 0 Å². The van der Waals surface area contributed by atoms with Gasteiger partial charge in [0.15, 0.2) is 5.84 Å². The number of rotatable bonds is 3. The Kier molecular flexibility index (Phi) is 2.68. The van der Waals surface area contributed by atoms with E-state index in [9.17, 15) is 0 Å². The van der Waals surface area contributed by atoms with Gasteiger partial charge in [0, 0.05) is 12.7 Å². The van der Waals surface area contributed by atoms with Crippen LogP contribution in [-0.2, 0) is 6.54 Å². The number of hydrogen-bond acceptors (Lipinski definition) is 3. The van der Waals surface area contributed by atoms with Gasteiger partial charge in [0.1, 0.15) is 5.69 Å². The van der Waals surface area contributed by atoms with Crippen molar-refractivity contribution in [3.63, 3.8) is 0 Å². The lowest BCUT2D eigenvalue weighted by molar-refractivity contribution is 0.598. The fraction of sp³-hybridized carbons (Fsp3) is 0.429. The van der Waals surface area contributed by atoms with E-state index in [4.69, 9.17) is 11.6 Å². The van der Waals surface area contributed by atoms with E-state index in [0.29, 0.717) is 5.84 Å². The van der Waals surface area contributed by atoms with Crippen molar-refractivity contribution >= 4 is 5.84 Å². The maximum absolute atomic E-state index is 5.53. The summed E-state index contributed by atoms with van der Waals surface area (Å²) in [5.41, 5.74) is 6.31. The molecular formula is C7H13N5. The average molecular weight is 167 g/mol. The third-order valence-electron chi connectivity index (χ3n) is 1.55. The Bertz CT molecular complexity index is 275. The van der Waals surface area contributed by atoms with E-state index in [-0.39, 0.29) is 0 Å². The van der Waals surface area contributed by atoms with Crippen LogP contribution in [0.3, 0.4) is 0 Å². The summed E-state index contributed by atoms with van der Waals surface area (Å²) in [4.78, 5) is 0. The Hall–Kier alpha value is -1.52. The fourth-order valence-corrected chi connectivity index (χ4v) is 1.01. The number of hydrazone groups is 1. The molecule has 0 aliphatic rings. The molecule has 5 nitrogen and oxygen atoms in total. The zero-order chi connectivity index (χ0) is 8.97. The largest absolute Gasteiger partial charge is 0.381 e. The van der Waals surface area contributed by atoms with Crippen LogP contribution >= 0.6 is 0 Å². The number of aryl methyl sites for hydroxylation is 1. The topological polar surface area (TPSA) is 82.2 Å². The van der Waals surface area contributed by atoms with E-state index in [2.05, 4.69) is 17.1 Å². The lowest BCUT2D eigenvalue weighted by Crippen LogP contribution is -2.20. The van der Waals surface area contributed by atoms with Crippen molar-refractivity contribution in [3.05, 3.63) is 18.0 Å². The molecule has 0 saturated heterocycles. The van der Waals surface area contributed by atoms with Gasteiger partial charge in [0.25, 0.3) is 0 Å². The molecule has 0 aliphatic heterocycles. The van der Waals surface area contributed by atoms with Gasteiger partial charge in [0.05, 0.1) is 0 Å². The molecule has 4 N–H and O–H groups in total. The first-order chi connectivity index (χ1) is 5.79. The zero-order valence-corrected chi connectivity index (χ0v) is 7.07. The van der Waals surface area contributed by atoms with Crippen LogP contribution in [0.4, 0.5) is 0 Å². The molecule has 0 amide bonds. The maximum atomic E-state index is 5.53. The van der Waals surface area contributed by atoms with Crippen molar-refractivity contribution in [1.82, 2.24) is 9.78 Å². The predicted octanol–water partition coefficient (Wildman–Crippen LogP) is -0.128. The zero-order valence-electron chi connectivity index (χ0n) is 7.07. The monoisotopic (exact) mass is 167 g/mol. The summed E-state index contributed by atoms with van der Waals surface area (Å²) in [5.74, 6) is 5.37. The van der Waals surface area contributed by atoms with E-state index >= 15 is 0 Å². The van der Waals surface area contributed by atoms with Gasteiger partial charge in [-0.25, -0.2) is 0 Å². The molecule has 0 aromatic carbocycles. The van der Waals surface area contributed by atoms with Gasteiger partial charge >= 0.3 is 0 Å². The van der Waals surface area contributed by atoms with E-state index < -0.39 is 0 Å². The van der Waals surface area contributed by atoms with E-state index in [0.717, 1.165) is 18.7 Å². The Morgan fingerprint density at radius 2 is 2.50 bits per heavy atom. The highest BCUT2D eigenvalue weighted by Crippen LogP contribution is 1.98. The molecular weight excluding hydrogens is 154 g/mol. The molecule has 12 heavy (non-hydrogen) atoms. The number of hydrogen-bond donors (Lipinski definition) is 2. The Morgan fingerprint density at radius 1 is 1.75 bits per heavy atom. The molecule has 0 atom stereocenters. The van der Waals surface area contributed by atoms with Crippen LogP contribution < -0.4 is 11.6 Å². The second-order valence-corrected chi connectivity index (χ2v) is 2.45. The number of aromatic nitrogens is 2. The Balaban J connectivity index is 2.91. The average Bonchev–Trinajstić information content (AvgIpc) is 2.52. The normalized spacial score (nSPS) is 11.9. The van der Waals surface area contributed by atoms with E-state index in [1.165, 1.54) is 0 Å². The quantitative estimate of drug-likeness (QED) is 0.285. The summed E-state index contributed by atoms with van der Waals surface area (Å²) >= 11 is 0. The first kappa shape index (κ1) is 8.58. The van der Waals surface area contributed by atoms with Crippen molar-refractivity contribution in [2.45, 2.75) is 19.9 Å². The lowest BCUT2D eigenvalue weighted by Gasteiger charge is -2.03. The SMILES string of the molecule is CCCn1nccc1/C(N)=N/N. The van der Waals surface area contributed by atoms with E-state index in [1.807, 2.05) is 0 Å². The molecule has 0 bridgehead atoms. The molecule has 0 unspecified atom stereocenters. The Labute approximate surface area is 71.0 Å². The van der Waals surface area contributed by atoms with Crippen molar-refractivity contribution in [3.8, 4) is 0 Å². The smallest absolute Gasteiger partial charge is 0.168 e. The van der Waals surface area contributed by atoms with Crippen LogP contribution in [0.25, 0.3) is 0 Å². The molecule has 1 aromatic heterocycles. The van der Waals surface area contributed by atoms with Crippen molar-refractivity contribution < 1.29 is 0 Å². The van der Waals surface area contributed by atoms with Gasteiger partial charge in [-0.15, -0.1) is 0 Å². The third-order valence-corrected chi connectivity index (χ3v) is 1.55. The van der Waals surface area contributed by atoms with Crippen LogP contribution in [0.1, 0.15) is 19.0 Å². The van der Waals surface area contributed by atoms with Crippen LogP contribution in [0.2, 0.25) is 0 Å². The molecule has 0 saturated carbocycles. The summed E-state index contributed by atoms with van der Waals surface area (Å²) < 4.78 is 1.78. The minimum absolute atomic E-state index is 0.320. The maximum Gasteiger partial charge on any atom is 0.168 e. The molecule has 0 aliphatic carbocycles.